The van der Waals surface area contributed by atoms with Crippen LogP contribution in [0.25, 0.3) is 10.9 Å². The van der Waals surface area contributed by atoms with Gasteiger partial charge in [-0.2, -0.15) is 0 Å². The van der Waals surface area contributed by atoms with Gasteiger partial charge in [-0.3, -0.25) is 9.59 Å². The minimum absolute atomic E-state index is 0.0262. The molecule has 7 nitrogen and oxygen atoms in total. The van der Waals surface area contributed by atoms with Crippen molar-refractivity contribution in [1.82, 2.24) is 15.2 Å². The molecule has 0 aliphatic heterocycles. The number of carbonyl (C=O) groups excluding carboxylic acids is 3. The van der Waals surface area contributed by atoms with Crippen molar-refractivity contribution in [2.75, 3.05) is 6.61 Å². The van der Waals surface area contributed by atoms with Gasteiger partial charge in [-0.05, 0) is 45.9 Å². The van der Waals surface area contributed by atoms with Gasteiger partial charge < -0.3 is 19.9 Å². The molecule has 1 aromatic heterocycles. The number of carbonyl (C=O) groups is 3. The standard InChI is InChI=1S/C25H25ClF3N3O4/c1-5-36-24(35)21-19(16-7-6-14(26)9-18(16)30-21)22(23(34)31-25(2,3)4)32(12-33)11-13-8-15(27)10-17(28)20(13)29/h6-10,12,22,30H,5,11H2,1-4H3,(H,31,34). The summed E-state index contributed by atoms with van der Waals surface area (Å²) in [5.41, 5.74) is -0.941. The van der Waals surface area contributed by atoms with E-state index in [1.807, 2.05) is 0 Å². The highest BCUT2D eigenvalue weighted by Gasteiger charge is 2.36. The van der Waals surface area contributed by atoms with Crippen LogP contribution < -0.4 is 5.32 Å². The van der Waals surface area contributed by atoms with Gasteiger partial charge in [-0.15, -0.1) is 0 Å². The predicted octanol–water partition coefficient (Wildman–Crippen LogP) is 5.03. The maximum atomic E-state index is 14.5. The molecule has 1 unspecified atom stereocenters. The normalized spacial score (nSPS) is 12.3. The van der Waals surface area contributed by atoms with Crippen LogP contribution in [0.4, 0.5) is 13.2 Å². The molecule has 0 fully saturated rings. The third-order valence-electron chi connectivity index (χ3n) is 5.19. The number of benzene rings is 2. The lowest BCUT2D eigenvalue weighted by atomic mass is 9.98. The molecule has 0 spiro atoms. The second kappa shape index (κ2) is 10.6. The molecule has 0 saturated heterocycles. The van der Waals surface area contributed by atoms with Crippen molar-refractivity contribution >= 4 is 40.8 Å². The number of aromatic nitrogens is 1. The minimum atomic E-state index is -1.51. The lowest BCUT2D eigenvalue weighted by Crippen LogP contribution is -2.47. The van der Waals surface area contributed by atoms with Crippen molar-refractivity contribution in [3.05, 3.63) is 69.6 Å². The van der Waals surface area contributed by atoms with E-state index in [0.29, 0.717) is 22.0 Å². The Labute approximate surface area is 210 Å². The number of rotatable bonds is 8. The van der Waals surface area contributed by atoms with Gasteiger partial charge in [0.05, 0.1) is 6.61 Å². The maximum absolute atomic E-state index is 14.5. The molecule has 2 amide bonds. The molecular formula is C25H25ClF3N3O4. The Hall–Kier alpha value is -3.53. The van der Waals surface area contributed by atoms with Crippen molar-refractivity contribution in [3.63, 3.8) is 0 Å². The van der Waals surface area contributed by atoms with Gasteiger partial charge in [0.1, 0.15) is 17.6 Å². The van der Waals surface area contributed by atoms with Crippen LogP contribution in [0.3, 0.4) is 0 Å². The van der Waals surface area contributed by atoms with Gasteiger partial charge in [0, 0.05) is 45.2 Å². The van der Waals surface area contributed by atoms with E-state index in [-0.39, 0.29) is 24.3 Å². The van der Waals surface area contributed by atoms with E-state index in [1.165, 1.54) is 12.1 Å². The molecule has 36 heavy (non-hydrogen) atoms. The summed E-state index contributed by atoms with van der Waals surface area (Å²) >= 11 is 6.10. The quantitative estimate of drug-likeness (QED) is 0.246. The fourth-order valence-corrected chi connectivity index (χ4v) is 4.01. The summed E-state index contributed by atoms with van der Waals surface area (Å²) in [7, 11) is 0. The molecule has 0 bridgehead atoms. The summed E-state index contributed by atoms with van der Waals surface area (Å²) in [4.78, 5) is 42.5. The molecule has 192 valence electrons. The number of hydrogen-bond donors (Lipinski definition) is 2. The molecule has 0 radical (unpaired) electrons. The van der Waals surface area contributed by atoms with Crippen LogP contribution in [-0.2, 0) is 20.9 Å². The summed E-state index contributed by atoms with van der Waals surface area (Å²) in [6.45, 7) is 6.06. The monoisotopic (exact) mass is 523 g/mol. The fourth-order valence-electron chi connectivity index (χ4n) is 3.84. The number of nitrogens with zero attached hydrogens (tertiary/aromatic N) is 1. The molecule has 0 aliphatic carbocycles. The molecule has 1 heterocycles. The predicted molar refractivity (Wildman–Crippen MR) is 128 cm³/mol. The van der Waals surface area contributed by atoms with Crippen LogP contribution >= 0.6 is 11.6 Å². The number of hydrogen-bond acceptors (Lipinski definition) is 4. The molecule has 1 atom stereocenters. The average Bonchev–Trinajstić information content (AvgIpc) is 3.13. The average molecular weight is 524 g/mol. The van der Waals surface area contributed by atoms with Gasteiger partial charge in [0.25, 0.3) is 0 Å². The summed E-state index contributed by atoms with van der Waals surface area (Å²) in [6, 6.07) is 4.19. The highest BCUT2D eigenvalue weighted by atomic mass is 35.5. The van der Waals surface area contributed by atoms with E-state index >= 15 is 0 Å². The van der Waals surface area contributed by atoms with Crippen LogP contribution in [0.5, 0.6) is 0 Å². The van der Waals surface area contributed by atoms with Gasteiger partial charge in [-0.25, -0.2) is 18.0 Å². The van der Waals surface area contributed by atoms with Crippen LogP contribution in [-0.4, -0.2) is 40.3 Å². The first-order valence-electron chi connectivity index (χ1n) is 11.0. The number of esters is 1. The zero-order chi connectivity index (χ0) is 26.8. The molecule has 2 aromatic carbocycles. The largest absolute Gasteiger partial charge is 0.461 e. The first-order chi connectivity index (χ1) is 16.9. The van der Waals surface area contributed by atoms with Crippen molar-refractivity contribution < 1.29 is 32.3 Å². The summed E-state index contributed by atoms with van der Waals surface area (Å²) in [5, 5.41) is 3.45. The van der Waals surface area contributed by atoms with Crippen LogP contribution in [0.15, 0.2) is 30.3 Å². The topological polar surface area (TPSA) is 91.5 Å². The SMILES string of the molecule is CCOC(=O)c1[nH]c2cc(Cl)ccc2c1C(C(=O)NC(C)(C)C)N(C=O)Cc1cc(F)cc(F)c1F. The first-order valence-corrected chi connectivity index (χ1v) is 11.4. The number of nitrogens with one attached hydrogen (secondary N) is 2. The van der Waals surface area contributed by atoms with Crippen molar-refractivity contribution in [3.8, 4) is 0 Å². The molecule has 0 aliphatic rings. The molecule has 0 saturated carbocycles. The Morgan fingerprint density at radius 3 is 2.50 bits per heavy atom. The van der Waals surface area contributed by atoms with Crippen LogP contribution in [0, 0.1) is 17.5 Å². The maximum Gasteiger partial charge on any atom is 0.355 e. The van der Waals surface area contributed by atoms with Crippen molar-refractivity contribution in [2.24, 2.45) is 0 Å². The number of fused-ring (bicyclic) bond motifs is 1. The van der Waals surface area contributed by atoms with E-state index in [0.717, 1.165) is 11.0 Å². The number of halogens is 4. The zero-order valence-electron chi connectivity index (χ0n) is 20.0. The van der Waals surface area contributed by atoms with Gasteiger partial charge >= 0.3 is 5.97 Å². The van der Waals surface area contributed by atoms with Gasteiger partial charge in [-0.1, -0.05) is 17.7 Å². The third kappa shape index (κ3) is 5.81. The number of amides is 2. The van der Waals surface area contributed by atoms with E-state index in [1.54, 1.807) is 33.8 Å². The van der Waals surface area contributed by atoms with Crippen LogP contribution in [0.1, 0.15) is 55.4 Å². The van der Waals surface area contributed by atoms with Crippen molar-refractivity contribution in [1.29, 1.82) is 0 Å². The number of H-pyrrole nitrogens is 1. The molecular weight excluding hydrogens is 499 g/mol. The summed E-state index contributed by atoms with van der Waals surface area (Å²) < 4.78 is 47.3. The Morgan fingerprint density at radius 1 is 1.19 bits per heavy atom. The Balaban J connectivity index is 2.26. The second-order valence-corrected chi connectivity index (χ2v) is 9.54. The van der Waals surface area contributed by atoms with Gasteiger partial charge in [0.2, 0.25) is 12.3 Å². The Bertz CT molecular complexity index is 1320. The van der Waals surface area contributed by atoms with E-state index in [2.05, 4.69) is 10.3 Å². The van der Waals surface area contributed by atoms with E-state index in [4.69, 9.17) is 16.3 Å². The minimum Gasteiger partial charge on any atom is -0.461 e. The molecule has 3 aromatic rings. The zero-order valence-corrected chi connectivity index (χ0v) is 20.8. The number of aromatic amines is 1. The lowest BCUT2D eigenvalue weighted by Gasteiger charge is -2.31. The fraction of sp³-hybridized carbons (Fsp3) is 0.320. The molecule has 3 rings (SSSR count). The lowest BCUT2D eigenvalue weighted by molar-refractivity contribution is -0.134. The third-order valence-corrected chi connectivity index (χ3v) is 5.42. The highest BCUT2D eigenvalue weighted by Crippen LogP contribution is 2.35. The first kappa shape index (κ1) is 27.1. The smallest absolute Gasteiger partial charge is 0.355 e. The van der Waals surface area contributed by atoms with Crippen molar-refractivity contribution in [2.45, 2.75) is 45.8 Å². The van der Waals surface area contributed by atoms with E-state index < -0.39 is 53.0 Å². The Kier molecular flexibility index (Phi) is 7.98. The summed E-state index contributed by atoms with van der Waals surface area (Å²) in [6.07, 6.45) is 0.249. The highest BCUT2D eigenvalue weighted by molar-refractivity contribution is 6.31. The summed E-state index contributed by atoms with van der Waals surface area (Å²) in [5.74, 6) is -5.38. The van der Waals surface area contributed by atoms with Gasteiger partial charge in [0.15, 0.2) is 11.6 Å². The second-order valence-electron chi connectivity index (χ2n) is 9.10. The van der Waals surface area contributed by atoms with E-state index in [9.17, 15) is 27.6 Å². The molecule has 11 heteroatoms. The molecule has 2 N–H and O–H groups in total. The van der Waals surface area contributed by atoms with Crippen LogP contribution in [0.2, 0.25) is 5.02 Å². The number of ether oxygens (including phenoxy) is 1. The Morgan fingerprint density at radius 2 is 1.89 bits per heavy atom.